The highest BCUT2D eigenvalue weighted by molar-refractivity contribution is 6.30. The number of benzene rings is 1. The van der Waals surface area contributed by atoms with Crippen molar-refractivity contribution in [3.63, 3.8) is 0 Å². The molecule has 4 rings (SSSR count). The van der Waals surface area contributed by atoms with Gasteiger partial charge in [-0.15, -0.1) is 0 Å². The van der Waals surface area contributed by atoms with Crippen LogP contribution >= 0.6 is 11.6 Å². The average molecular weight is 411 g/mol. The summed E-state index contributed by atoms with van der Waals surface area (Å²) in [4.78, 5) is 16.7. The van der Waals surface area contributed by atoms with Crippen molar-refractivity contribution in [1.29, 1.82) is 0 Å². The molecule has 2 saturated heterocycles. The Morgan fingerprint density at radius 2 is 2.11 bits per heavy atom. The third-order valence-corrected chi connectivity index (χ3v) is 5.64. The molecule has 0 saturated carbocycles. The van der Waals surface area contributed by atoms with Gasteiger partial charge in [0, 0.05) is 41.8 Å². The van der Waals surface area contributed by atoms with E-state index in [0.717, 1.165) is 32.6 Å². The number of hydrogen-bond donors (Lipinski definition) is 0. The molecule has 3 heterocycles. The molecule has 0 atom stereocenters. The summed E-state index contributed by atoms with van der Waals surface area (Å²) in [5.41, 5.74) is 1.03. The fourth-order valence-electron chi connectivity index (χ4n) is 4.09. The second kappa shape index (κ2) is 7.33. The summed E-state index contributed by atoms with van der Waals surface area (Å²) in [5, 5.41) is 4.73. The fourth-order valence-corrected chi connectivity index (χ4v) is 4.26. The van der Waals surface area contributed by atoms with Gasteiger partial charge in [-0.3, -0.25) is 9.48 Å². The highest BCUT2D eigenvalue weighted by atomic mass is 35.5. The van der Waals surface area contributed by atoms with Gasteiger partial charge in [-0.1, -0.05) is 11.6 Å². The molecule has 28 heavy (non-hydrogen) atoms. The molecule has 0 unspecified atom stereocenters. The largest absolute Gasteiger partial charge is 0.434 e. The number of alkyl halides is 2. The Labute approximate surface area is 166 Å². The summed E-state index contributed by atoms with van der Waals surface area (Å²) < 4.78 is 31.4. The topological polar surface area (TPSA) is 50.6 Å². The lowest BCUT2D eigenvalue weighted by atomic mass is 9.79. The van der Waals surface area contributed by atoms with Gasteiger partial charge in [0.2, 0.25) is 5.91 Å². The van der Waals surface area contributed by atoms with E-state index in [1.807, 2.05) is 4.90 Å². The third kappa shape index (κ3) is 3.84. The number of halogens is 3. The molecule has 6 nitrogen and oxygen atoms in total. The van der Waals surface area contributed by atoms with Gasteiger partial charge < -0.3 is 14.5 Å². The highest BCUT2D eigenvalue weighted by Crippen LogP contribution is 2.39. The molecule has 0 bridgehead atoms. The summed E-state index contributed by atoms with van der Waals surface area (Å²) in [6.45, 7) is 0.836. The zero-order valence-electron chi connectivity index (χ0n) is 15.4. The molecular formula is C19H21ClF2N4O2. The summed E-state index contributed by atoms with van der Waals surface area (Å²) in [7, 11) is 2.10. The zero-order chi connectivity index (χ0) is 19.9. The van der Waals surface area contributed by atoms with Crippen molar-refractivity contribution in [3.8, 4) is 17.0 Å². The molecule has 9 heteroatoms. The van der Waals surface area contributed by atoms with Crippen LogP contribution in [0.3, 0.4) is 0 Å². The summed E-state index contributed by atoms with van der Waals surface area (Å²) in [5.74, 6) is -0.00371. The van der Waals surface area contributed by atoms with Crippen LogP contribution in [0.4, 0.5) is 8.78 Å². The minimum Gasteiger partial charge on any atom is -0.434 e. The van der Waals surface area contributed by atoms with Crippen LogP contribution in [0.2, 0.25) is 5.02 Å². The standard InChI is InChI=1S/C19H21ClF2N4O2/c1-24-7-5-19(10-24)11-25(12-19)17(27)9-26-6-4-15(23-26)14-8-13(20)2-3-16(14)28-18(21)22/h2-4,6,8,18H,5,7,9-12H2,1H3. The first-order chi connectivity index (χ1) is 13.3. The van der Waals surface area contributed by atoms with Crippen molar-refractivity contribution < 1.29 is 18.3 Å². The van der Waals surface area contributed by atoms with Crippen LogP contribution in [0.1, 0.15) is 6.42 Å². The molecule has 1 aromatic heterocycles. The van der Waals surface area contributed by atoms with Crippen molar-refractivity contribution in [2.24, 2.45) is 5.41 Å². The van der Waals surface area contributed by atoms with Crippen LogP contribution in [-0.4, -0.2) is 65.3 Å². The van der Waals surface area contributed by atoms with Gasteiger partial charge in [0.25, 0.3) is 0 Å². The molecule has 0 radical (unpaired) electrons. The highest BCUT2D eigenvalue weighted by Gasteiger charge is 2.48. The van der Waals surface area contributed by atoms with E-state index in [4.69, 9.17) is 11.6 Å². The molecule has 2 fully saturated rings. The van der Waals surface area contributed by atoms with E-state index in [-0.39, 0.29) is 23.6 Å². The second-order valence-corrected chi connectivity index (χ2v) is 8.09. The summed E-state index contributed by atoms with van der Waals surface area (Å²) in [6.07, 6.45) is 2.78. The average Bonchev–Trinajstić information content (AvgIpc) is 3.21. The zero-order valence-corrected chi connectivity index (χ0v) is 16.2. The van der Waals surface area contributed by atoms with E-state index in [1.54, 1.807) is 12.3 Å². The minimum atomic E-state index is -2.95. The van der Waals surface area contributed by atoms with Gasteiger partial charge in [0.1, 0.15) is 12.3 Å². The molecule has 1 amide bonds. The minimum absolute atomic E-state index is 0.00461. The molecule has 2 aliphatic rings. The lowest BCUT2D eigenvalue weighted by Gasteiger charge is -2.48. The van der Waals surface area contributed by atoms with Gasteiger partial charge >= 0.3 is 6.61 Å². The smallest absolute Gasteiger partial charge is 0.387 e. The Balaban J connectivity index is 1.43. The van der Waals surface area contributed by atoms with Gasteiger partial charge in [0.05, 0.1) is 5.69 Å². The van der Waals surface area contributed by atoms with E-state index in [0.29, 0.717) is 16.3 Å². The fraction of sp³-hybridized carbons (Fsp3) is 0.474. The van der Waals surface area contributed by atoms with Crippen LogP contribution in [0.25, 0.3) is 11.3 Å². The number of hydrogen-bond acceptors (Lipinski definition) is 4. The first-order valence-corrected chi connectivity index (χ1v) is 9.46. The Morgan fingerprint density at radius 3 is 2.79 bits per heavy atom. The number of aromatic nitrogens is 2. The van der Waals surface area contributed by atoms with Crippen LogP contribution in [0.15, 0.2) is 30.5 Å². The van der Waals surface area contributed by atoms with Crippen molar-refractivity contribution in [2.75, 3.05) is 33.2 Å². The Kier molecular flexibility index (Phi) is 5.01. The molecule has 1 aromatic carbocycles. The van der Waals surface area contributed by atoms with Crippen LogP contribution in [-0.2, 0) is 11.3 Å². The molecular weight excluding hydrogens is 390 g/mol. The molecule has 2 aromatic rings. The van der Waals surface area contributed by atoms with E-state index >= 15 is 0 Å². The quantitative estimate of drug-likeness (QED) is 0.760. The van der Waals surface area contributed by atoms with Crippen molar-refractivity contribution in [2.45, 2.75) is 19.6 Å². The number of ether oxygens (including phenoxy) is 1. The molecule has 0 N–H and O–H groups in total. The van der Waals surface area contributed by atoms with Crippen LogP contribution in [0, 0.1) is 5.41 Å². The maximum Gasteiger partial charge on any atom is 0.387 e. The number of likely N-dealkylation sites (tertiary alicyclic amines) is 2. The number of carbonyl (C=O) groups is 1. The number of amides is 1. The van der Waals surface area contributed by atoms with Gasteiger partial charge in [0.15, 0.2) is 0 Å². The number of carbonyl (C=O) groups excluding carboxylic acids is 1. The van der Waals surface area contributed by atoms with E-state index < -0.39 is 6.61 Å². The van der Waals surface area contributed by atoms with E-state index in [9.17, 15) is 13.6 Å². The Morgan fingerprint density at radius 1 is 1.32 bits per heavy atom. The van der Waals surface area contributed by atoms with E-state index in [1.165, 1.54) is 22.9 Å². The van der Waals surface area contributed by atoms with Crippen molar-refractivity contribution >= 4 is 17.5 Å². The van der Waals surface area contributed by atoms with Crippen LogP contribution in [0.5, 0.6) is 5.75 Å². The second-order valence-electron chi connectivity index (χ2n) is 7.66. The lowest BCUT2D eigenvalue weighted by molar-refractivity contribution is -0.143. The first kappa shape index (κ1) is 19.1. The summed E-state index contributed by atoms with van der Waals surface area (Å²) in [6, 6.07) is 6.03. The predicted molar refractivity (Wildman–Crippen MR) is 100 cm³/mol. The molecule has 2 aliphatic heterocycles. The van der Waals surface area contributed by atoms with Gasteiger partial charge in [-0.25, -0.2) is 0 Å². The maximum absolute atomic E-state index is 12.6. The third-order valence-electron chi connectivity index (χ3n) is 5.41. The lowest BCUT2D eigenvalue weighted by Crippen LogP contribution is -2.60. The normalized spacial score (nSPS) is 18.7. The number of rotatable bonds is 5. The molecule has 0 aliphatic carbocycles. The summed E-state index contributed by atoms with van der Waals surface area (Å²) >= 11 is 5.99. The predicted octanol–water partition coefficient (Wildman–Crippen LogP) is 2.97. The molecule has 1 spiro atoms. The monoisotopic (exact) mass is 410 g/mol. The maximum atomic E-state index is 12.6. The molecule has 150 valence electrons. The van der Waals surface area contributed by atoms with Crippen molar-refractivity contribution in [1.82, 2.24) is 19.6 Å². The van der Waals surface area contributed by atoms with Gasteiger partial charge in [-0.05, 0) is 44.3 Å². The number of nitrogens with zero attached hydrogens (tertiary/aromatic N) is 4. The van der Waals surface area contributed by atoms with Gasteiger partial charge in [-0.2, -0.15) is 13.9 Å². The van der Waals surface area contributed by atoms with Crippen molar-refractivity contribution in [3.05, 3.63) is 35.5 Å². The SMILES string of the molecule is CN1CCC2(C1)CN(C(=O)Cn1ccc(-c3cc(Cl)ccc3OC(F)F)n1)C2. The first-order valence-electron chi connectivity index (χ1n) is 9.08. The van der Waals surface area contributed by atoms with Crippen LogP contribution < -0.4 is 4.74 Å². The Hall–Kier alpha value is -2.19. The Bertz CT molecular complexity index is 883. The van der Waals surface area contributed by atoms with E-state index in [2.05, 4.69) is 21.8 Å².